The number of pyridine rings is 1. The van der Waals surface area contributed by atoms with Crippen molar-refractivity contribution in [1.29, 1.82) is 0 Å². The van der Waals surface area contributed by atoms with Crippen LogP contribution in [0.4, 0.5) is 5.69 Å². The Bertz CT molecular complexity index is 1560. The van der Waals surface area contributed by atoms with Crippen molar-refractivity contribution in [1.82, 2.24) is 9.88 Å². The molecular formula is C27H25N3O6S. The summed E-state index contributed by atoms with van der Waals surface area (Å²) in [5.41, 5.74) is 0.967. The predicted molar refractivity (Wildman–Crippen MR) is 139 cm³/mol. The number of fused-ring (bicyclic) bond motifs is 1. The first-order chi connectivity index (χ1) is 17.9. The van der Waals surface area contributed by atoms with Gasteiger partial charge in [0.05, 0.1) is 44.1 Å². The van der Waals surface area contributed by atoms with Crippen molar-refractivity contribution in [2.24, 2.45) is 0 Å². The highest BCUT2D eigenvalue weighted by molar-refractivity contribution is 7.93. The summed E-state index contributed by atoms with van der Waals surface area (Å²) in [7, 11) is -0.930. The summed E-state index contributed by atoms with van der Waals surface area (Å²) in [4.78, 5) is 19.0. The molecule has 5 rings (SSSR count). The zero-order valence-corrected chi connectivity index (χ0v) is 21.1. The van der Waals surface area contributed by atoms with E-state index in [1.54, 1.807) is 48.5 Å². The van der Waals surface area contributed by atoms with Crippen LogP contribution in [0.25, 0.3) is 10.9 Å². The molecule has 1 N–H and O–H groups in total. The van der Waals surface area contributed by atoms with Crippen LogP contribution in [0.5, 0.6) is 17.2 Å². The third-order valence-corrected chi connectivity index (χ3v) is 7.48. The second kappa shape index (κ2) is 9.98. The van der Waals surface area contributed by atoms with E-state index in [0.717, 1.165) is 0 Å². The molecule has 3 aromatic carbocycles. The van der Waals surface area contributed by atoms with E-state index < -0.39 is 10.0 Å². The first-order valence-electron chi connectivity index (χ1n) is 11.5. The van der Waals surface area contributed by atoms with Crippen LogP contribution in [-0.2, 0) is 10.0 Å². The van der Waals surface area contributed by atoms with Crippen LogP contribution in [0.2, 0.25) is 0 Å². The molecule has 1 aliphatic heterocycles. The van der Waals surface area contributed by atoms with Crippen LogP contribution in [0.1, 0.15) is 10.4 Å². The standard InChI is InChI=1S/C27H25N3O6S/c1-34-22-9-3-4-10-23(22)36-20-16-30(17-20)27(31)21-13-12-19(15-24(21)35-2)29-37(32,33)25-11-5-7-18-8-6-14-28-26(18)25/h3-15,20,29H,16-17H2,1-2H3. The van der Waals surface area contributed by atoms with Crippen LogP contribution in [0.3, 0.4) is 0 Å². The molecule has 190 valence electrons. The molecular weight excluding hydrogens is 494 g/mol. The number of ether oxygens (including phenoxy) is 3. The number of hydrogen-bond acceptors (Lipinski definition) is 7. The molecule has 37 heavy (non-hydrogen) atoms. The molecule has 9 nitrogen and oxygen atoms in total. The molecule has 1 aliphatic rings. The zero-order chi connectivity index (χ0) is 26.0. The fourth-order valence-corrected chi connectivity index (χ4v) is 5.41. The lowest BCUT2D eigenvalue weighted by molar-refractivity contribution is 0.0166. The number of nitrogens with zero attached hydrogens (tertiary/aromatic N) is 2. The van der Waals surface area contributed by atoms with Crippen molar-refractivity contribution in [2.45, 2.75) is 11.0 Å². The topological polar surface area (TPSA) is 107 Å². The molecule has 1 amide bonds. The number of methoxy groups -OCH3 is 2. The Morgan fingerprint density at radius 1 is 0.919 bits per heavy atom. The Hall–Kier alpha value is -4.31. The largest absolute Gasteiger partial charge is 0.496 e. The maximum absolute atomic E-state index is 13.1. The molecule has 0 unspecified atom stereocenters. The molecule has 0 aliphatic carbocycles. The highest BCUT2D eigenvalue weighted by Gasteiger charge is 2.34. The van der Waals surface area contributed by atoms with Gasteiger partial charge in [-0.3, -0.25) is 14.5 Å². The zero-order valence-electron chi connectivity index (χ0n) is 20.2. The number of carbonyl (C=O) groups is 1. The summed E-state index contributed by atoms with van der Waals surface area (Å²) >= 11 is 0. The molecule has 1 fully saturated rings. The highest BCUT2D eigenvalue weighted by Crippen LogP contribution is 2.31. The van der Waals surface area contributed by atoms with Gasteiger partial charge in [-0.1, -0.05) is 30.3 Å². The van der Waals surface area contributed by atoms with Crippen molar-refractivity contribution in [2.75, 3.05) is 32.0 Å². The van der Waals surface area contributed by atoms with Crippen LogP contribution < -0.4 is 18.9 Å². The lowest BCUT2D eigenvalue weighted by atomic mass is 10.1. The smallest absolute Gasteiger partial charge is 0.264 e. The average Bonchev–Trinajstić information content (AvgIpc) is 2.89. The van der Waals surface area contributed by atoms with Crippen molar-refractivity contribution >= 4 is 32.5 Å². The van der Waals surface area contributed by atoms with E-state index in [4.69, 9.17) is 14.2 Å². The van der Waals surface area contributed by atoms with E-state index in [1.807, 2.05) is 24.3 Å². The molecule has 0 spiro atoms. The number of nitrogens with one attached hydrogen (secondary N) is 1. The number of hydrogen-bond donors (Lipinski definition) is 1. The number of amides is 1. The van der Waals surface area contributed by atoms with Crippen LogP contribution >= 0.6 is 0 Å². The molecule has 0 saturated carbocycles. The molecule has 1 saturated heterocycles. The second-order valence-corrected chi connectivity index (χ2v) is 10.1. The fraction of sp³-hybridized carbons (Fsp3) is 0.185. The monoisotopic (exact) mass is 519 g/mol. The lowest BCUT2D eigenvalue weighted by Gasteiger charge is -2.39. The van der Waals surface area contributed by atoms with Crippen LogP contribution in [-0.4, -0.2) is 57.6 Å². The number of anilines is 1. The third-order valence-electron chi connectivity index (χ3n) is 6.07. The second-order valence-electron chi connectivity index (χ2n) is 8.45. The maximum atomic E-state index is 13.1. The van der Waals surface area contributed by atoms with E-state index in [1.165, 1.54) is 25.3 Å². The fourth-order valence-electron chi connectivity index (χ4n) is 4.18. The SMILES string of the molecule is COc1ccccc1OC1CN(C(=O)c2ccc(NS(=O)(=O)c3cccc4cccnc34)cc2OC)C1. The molecule has 0 bridgehead atoms. The number of aromatic nitrogens is 1. The van der Waals surface area contributed by atoms with Gasteiger partial charge in [-0.2, -0.15) is 0 Å². The Morgan fingerprint density at radius 3 is 2.41 bits per heavy atom. The molecule has 2 heterocycles. The lowest BCUT2D eigenvalue weighted by Crippen LogP contribution is -2.56. The van der Waals surface area contributed by atoms with Gasteiger partial charge >= 0.3 is 0 Å². The van der Waals surface area contributed by atoms with Crippen LogP contribution in [0, 0.1) is 0 Å². The van der Waals surface area contributed by atoms with E-state index >= 15 is 0 Å². The van der Waals surface area contributed by atoms with Gasteiger partial charge in [0.15, 0.2) is 11.5 Å². The van der Waals surface area contributed by atoms with Crippen molar-refractivity contribution < 1.29 is 27.4 Å². The number of carbonyl (C=O) groups excluding carboxylic acids is 1. The van der Waals surface area contributed by atoms with Crippen molar-refractivity contribution in [3.63, 3.8) is 0 Å². The number of para-hydroxylation sites is 3. The highest BCUT2D eigenvalue weighted by atomic mass is 32.2. The molecule has 0 atom stereocenters. The number of benzene rings is 3. The quantitative estimate of drug-likeness (QED) is 0.376. The number of sulfonamides is 1. The van der Waals surface area contributed by atoms with Gasteiger partial charge in [-0.05, 0) is 36.4 Å². The van der Waals surface area contributed by atoms with E-state index in [-0.39, 0.29) is 28.3 Å². The summed E-state index contributed by atoms with van der Waals surface area (Å²) in [6, 6.07) is 20.4. The van der Waals surface area contributed by atoms with E-state index in [9.17, 15) is 13.2 Å². The van der Waals surface area contributed by atoms with E-state index in [2.05, 4.69) is 9.71 Å². The first-order valence-corrected chi connectivity index (χ1v) is 13.0. The normalized spacial score (nSPS) is 13.6. The molecule has 4 aromatic rings. The number of rotatable bonds is 8. The molecule has 10 heteroatoms. The summed E-state index contributed by atoms with van der Waals surface area (Å²) in [5.74, 6) is 1.28. The number of likely N-dealkylation sites (tertiary alicyclic amines) is 1. The minimum absolute atomic E-state index is 0.0615. The van der Waals surface area contributed by atoms with Gasteiger partial charge in [0.25, 0.3) is 15.9 Å². The molecule has 0 radical (unpaired) electrons. The van der Waals surface area contributed by atoms with E-state index in [0.29, 0.717) is 41.1 Å². The van der Waals surface area contributed by atoms with Crippen LogP contribution in [0.15, 0.2) is 83.9 Å². The van der Waals surface area contributed by atoms with Crippen molar-refractivity contribution in [3.05, 3.63) is 84.6 Å². The van der Waals surface area contributed by atoms with Gasteiger partial charge in [-0.15, -0.1) is 0 Å². The van der Waals surface area contributed by atoms with Gasteiger partial charge < -0.3 is 19.1 Å². The summed E-state index contributed by atoms with van der Waals surface area (Å²) in [6.07, 6.45) is 1.39. The predicted octanol–water partition coefficient (Wildman–Crippen LogP) is 3.96. The van der Waals surface area contributed by atoms with Crippen molar-refractivity contribution in [3.8, 4) is 17.2 Å². The minimum Gasteiger partial charge on any atom is -0.496 e. The molecule has 1 aromatic heterocycles. The van der Waals surface area contributed by atoms with Gasteiger partial charge in [0, 0.05) is 17.6 Å². The van der Waals surface area contributed by atoms with Gasteiger partial charge in [0.2, 0.25) is 0 Å². The summed E-state index contributed by atoms with van der Waals surface area (Å²) < 4.78 is 45.5. The average molecular weight is 520 g/mol. The Labute approximate surface area is 214 Å². The third kappa shape index (κ3) is 4.88. The van der Waals surface area contributed by atoms with Gasteiger partial charge in [0.1, 0.15) is 16.7 Å². The summed E-state index contributed by atoms with van der Waals surface area (Å²) in [5, 5.41) is 0.714. The Kier molecular flexibility index (Phi) is 6.58. The Morgan fingerprint density at radius 2 is 1.65 bits per heavy atom. The minimum atomic E-state index is -3.94. The maximum Gasteiger partial charge on any atom is 0.264 e. The van der Waals surface area contributed by atoms with Gasteiger partial charge in [-0.25, -0.2) is 8.42 Å². The Balaban J connectivity index is 1.29. The summed E-state index contributed by atoms with van der Waals surface area (Å²) in [6.45, 7) is 0.811. The first kappa shape index (κ1) is 24.4.